The highest BCUT2D eigenvalue weighted by molar-refractivity contribution is 5.92. The van der Waals surface area contributed by atoms with Crippen LogP contribution in [0.4, 0.5) is 0 Å². The second-order valence-corrected chi connectivity index (χ2v) is 7.10. The van der Waals surface area contributed by atoms with Crippen LogP contribution in [0.2, 0.25) is 0 Å². The first-order valence-corrected chi connectivity index (χ1v) is 7.86. The Labute approximate surface area is 130 Å². The molecular weight excluding hydrogens is 260 g/mol. The van der Waals surface area contributed by atoms with E-state index in [1.54, 1.807) is 0 Å². The van der Waals surface area contributed by atoms with Crippen LogP contribution in [0.15, 0.2) is 34.9 Å². The lowest BCUT2D eigenvalue weighted by Crippen LogP contribution is -2.36. The van der Waals surface area contributed by atoms with Gasteiger partial charge in [0.2, 0.25) is 0 Å². The highest BCUT2D eigenvalue weighted by Gasteiger charge is 2.35. The summed E-state index contributed by atoms with van der Waals surface area (Å²) in [5, 5.41) is 0. The molecule has 1 aliphatic rings. The summed E-state index contributed by atoms with van der Waals surface area (Å²) in [4.78, 5) is 12.5. The van der Waals surface area contributed by atoms with E-state index in [0.29, 0.717) is 11.5 Å². The second-order valence-electron chi connectivity index (χ2n) is 7.10. The summed E-state index contributed by atoms with van der Waals surface area (Å²) in [5.41, 5.74) is 3.72. The molecule has 0 radical (unpaired) electrons. The molecule has 0 aromatic rings. The van der Waals surface area contributed by atoms with Gasteiger partial charge in [-0.2, -0.15) is 0 Å². The first-order chi connectivity index (χ1) is 9.64. The van der Waals surface area contributed by atoms with Crippen LogP contribution in [-0.4, -0.2) is 11.6 Å². The summed E-state index contributed by atoms with van der Waals surface area (Å²) in [6.07, 6.45) is 5.88. The number of allylic oxidation sites excluding steroid dienone is 3. The lowest BCUT2D eigenvalue weighted by molar-refractivity contribution is -0.156. The van der Waals surface area contributed by atoms with Crippen molar-refractivity contribution >= 4 is 5.97 Å². The molecule has 0 aliphatic heterocycles. The minimum absolute atomic E-state index is 0.188. The molecule has 0 saturated heterocycles. The lowest BCUT2D eigenvalue weighted by atomic mass is 9.77. The third kappa shape index (κ3) is 5.18. The third-order valence-corrected chi connectivity index (χ3v) is 4.27. The van der Waals surface area contributed by atoms with Gasteiger partial charge in [-0.3, -0.25) is 0 Å². The van der Waals surface area contributed by atoms with Gasteiger partial charge in [0.05, 0.1) is 5.57 Å². The standard InChI is InChI=1S/C19H30O2/c1-13(2)12-17(15(5)6)18(20)21-19(7)10-8-16(9-11-19)14(3)4/h12,16H,3,8-11H2,1-2,4-7H3. The fraction of sp³-hybridized carbons (Fsp3) is 0.632. The number of carbonyl (C=O) groups is 1. The van der Waals surface area contributed by atoms with Gasteiger partial charge in [0.1, 0.15) is 5.60 Å². The summed E-state index contributed by atoms with van der Waals surface area (Å²) < 4.78 is 5.86. The lowest BCUT2D eigenvalue weighted by Gasteiger charge is -2.37. The molecule has 0 amide bonds. The average Bonchev–Trinajstić information content (AvgIpc) is 2.35. The largest absolute Gasteiger partial charge is 0.456 e. The van der Waals surface area contributed by atoms with Crippen LogP contribution in [-0.2, 0) is 9.53 Å². The Hall–Kier alpha value is -1.31. The zero-order chi connectivity index (χ0) is 16.2. The van der Waals surface area contributed by atoms with Crippen molar-refractivity contribution in [1.82, 2.24) is 0 Å². The van der Waals surface area contributed by atoms with Gasteiger partial charge in [-0.1, -0.05) is 23.3 Å². The minimum atomic E-state index is -0.334. The number of hydrogen-bond donors (Lipinski definition) is 0. The molecule has 118 valence electrons. The van der Waals surface area contributed by atoms with Crippen LogP contribution >= 0.6 is 0 Å². The third-order valence-electron chi connectivity index (χ3n) is 4.27. The van der Waals surface area contributed by atoms with Crippen molar-refractivity contribution in [2.45, 2.75) is 72.8 Å². The molecule has 21 heavy (non-hydrogen) atoms. The monoisotopic (exact) mass is 290 g/mol. The van der Waals surface area contributed by atoms with Crippen molar-refractivity contribution in [3.05, 3.63) is 34.9 Å². The molecule has 0 spiro atoms. The maximum atomic E-state index is 12.5. The molecular formula is C19H30O2. The molecule has 2 nitrogen and oxygen atoms in total. The van der Waals surface area contributed by atoms with E-state index in [1.807, 2.05) is 33.8 Å². The number of esters is 1. The molecule has 0 aromatic heterocycles. The van der Waals surface area contributed by atoms with Crippen LogP contribution in [0, 0.1) is 5.92 Å². The Morgan fingerprint density at radius 3 is 2.05 bits per heavy atom. The number of ether oxygens (including phenoxy) is 1. The summed E-state index contributed by atoms with van der Waals surface area (Å²) in [6.45, 7) is 16.1. The Balaban J connectivity index is 2.77. The van der Waals surface area contributed by atoms with Crippen LogP contribution in [0.5, 0.6) is 0 Å². The van der Waals surface area contributed by atoms with E-state index in [9.17, 15) is 4.79 Å². The quantitative estimate of drug-likeness (QED) is 0.301. The van der Waals surface area contributed by atoms with Gasteiger partial charge in [0, 0.05) is 0 Å². The van der Waals surface area contributed by atoms with E-state index in [2.05, 4.69) is 20.4 Å². The van der Waals surface area contributed by atoms with E-state index in [1.165, 1.54) is 5.57 Å². The van der Waals surface area contributed by atoms with Crippen LogP contribution in [0.1, 0.15) is 67.2 Å². The van der Waals surface area contributed by atoms with Crippen molar-refractivity contribution in [3.8, 4) is 0 Å². The second kappa shape index (κ2) is 7.11. The predicted molar refractivity (Wildman–Crippen MR) is 89.1 cm³/mol. The van der Waals surface area contributed by atoms with Crippen molar-refractivity contribution in [1.29, 1.82) is 0 Å². The highest BCUT2D eigenvalue weighted by atomic mass is 16.6. The van der Waals surface area contributed by atoms with Gasteiger partial charge in [0.25, 0.3) is 0 Å². The molecule has 0 unspecified atom stereocenters. The first kappa shape index (κ1) is 17.7. The molecule has 1 saturated carbocycles. The average molecular weight is 290 g/mol. The van der Waals surface area contributed by atoms with Gasteiger partial charge in [-0.05, 0) is 79.2 Å². The summed E-state index contributed by atoms with van der Waals surface area (Å²) in [5.74, 6) is 0.393. The number of rotatable bonds is 4. The number of hydrogen-bond acceptors (Lipinski definition) is 2. The van der Waals surface area contributed by atoms with Gasteiger partial charge in [-0.25, -0.2) is 4.79 Å². The van der Waals surface area contributed by atoms with Crippen molar-refractivity contribution < 1.29 is 9.53 Å². The summed E-state index contributed by atoms with van der Waals surface area (Å²) in [6, 6.07) is 0. The molecule has 1 fully saturated rings. The fourth-order valence-electron chi connectivity index (χ4n) is 2.80. The van der Waals surface area contributed by atoms with Crippen molar-refractivity contribution in [2.75, 3.05) is 0 Å². The Kier molecular flexibility index (Phi) is 6.00. The van der Waals surface area contributed by atoms with Gasteiger partial charge < -0.3 is 4.74 Å². The molecule has 0 bridgehead atoms. The van der Waals surface area contributed by atoms with E-state index >= 15 is 0 Å². The van der Waals surface area contributed by atoms with E-state index in [-0.39, 0.29) is 11.6 Å². The predicted octanol–water partition coefficient (Wildman–Crippen LogP) is 5.36. The molecule has 0 N–H and O–H groups in total. The van der Waals surface area contributed by atoms with Crippen molar-refractivity contribution in [2.24, 2.45) is 5.92 Å². The zero-order valence-corrected chi connectivity index (χ0v) is 14.5. The Morgan fingerprint density at radius 1 is 1.14 bits per heavy atom. The first-order valence-electron chi connectivity index (χ1n) is 7.86. The van der Waals surface area contributed by atoms with Gasteiger partial charge in [0.15, 0.2) is 0 Å². The Bertz CT molecular complexity index is 464. The summed E-state index contributed by atoms with van der Waals surface area (Å²) in [7, 11) is 0. The fourth-order valence-corrected chi connectivity index (χ4v) is 2.80. The van der Waals surface area contributed by atoms with Crippen LogP contribution in [0.3, 0.4) is 0 Å². The molecule has 2 heteroatoms. The van der Waals surface area contributed by atoms with Crippen LogP contribution < -0.4 is 0 Å². The van der Waals surface area contributed by atoms with E-state index in [0.717, 1.165) is 36.8 Å². The summed E-state index contributed by atoms with van der Waals surface area (Å²) >= 11 is 0. The molecule has 0 heterocycles. The smallest absolute Gasteiger partial charge is 0.338 e. The molecule has 0 aromatic carbocycles. The molecule has 1 rings (SSSR count). The molecule has 0 atom stereocenters. The Morgan fingerprint density at radius 2 is 1.67 bits per heavy atom. The zero-order valence-electron chi connectivity index (χ0n) is 14.5. The normalized spacial score (nSPS) is 25.0. The van der Waals surface area contributed by atoms with Crippen LogP contribution in [0.25, 0.3) is 0 Å². The van der Waals surface area contributed by atoms with Gasteiger partial charge >= 0.3 is 5.97 Å². The number of carbonyl (C=O) groups excluding carboxylic acids is 1. The van der Waals surface area contributed by atoms with Gasteiger partial charge in [-0.15, -0.1) is 0 Å². The highest BCUT2D eigenvalue weighted by Crippen LogP contribution is 2.37. The van der Waals surface area contributed by atoms with E-state index in [4.69, 9.17) is 4.74 Å². The van der Waals surface area contributed by atoms with E-state index < -0.39 is 0 Å². The maximum Gasteiger partial charge on any atom is 0.338 e. The van der Waals surface area contributed by atoms with Crippen molar-refractivity contribution in [3.63, 3.8) is 0 Å². The SMILES string of the molecule is C=C(C)C1CCC(C)(OC(=O)C(C=C(C)C)=C(C)C)CC1. The topological polar surface area (TPSA) is 26.3 Å². The maximum absolute atomic E-state index is 12.5. The molecule has 1 aliphatic carbocycles. The minimum Gasteiger partial charge on any atom is -0.456 e.